The molecule has 0 fully saturated rings. The minimum Gasteiger partial charge on any atom is -0.393 e. The highest BCUT2D eigenvalue weighted by atomic mass is 17.2. The number of aliphatic hydroxyl groups is 1. The van der Waals surface area contributed by atoms with Gasteiger partial charge in [0.1, 0.15) is 0 Å². The fraction of sp³-hybridized carbons (Fsp3) is 0.920. The average Bonchev–Trinajstić information content (AvgIpc) is 2.74. The first-order valence-corrected chi connectivity index (χ1v) is 13.0. The van der Waals surface area contributed by atoms with Crippen molar-refractivity contribution >= 4 is 11.8 Å². The van der Waals surface area contributed by atoms with Crippen LogP contribution in [0, 0.1) is 0 Å². The zero-order valence-corrected chi connectivity index (χ0v) is 20.6. The molecule has 0 saturated carbocycles. The van der Waals surface area contributed by atoms with Crippen LogP contribution in [0.2, 0.25) is 0 Å². The molecule has 0 spiro atoms. The summed E-state index contributed by atoms with van der Waals surface area (Å²) >= 11 is 0. The third kappa shape index (κ3) is 26.9. The van der Waals surface area contributed by atoms with Crippen LogP contribution in [0.4, 0.5) is 0 Å². The number of carbonyl (C=O) groups excluding carboxylic acids is 2. The van der Waals surface area contributed by atoms with Crippen LogP contribution in [0.15, 0.2) is 0 Å². The van der Waals surface area contributed by atoms with Gasteiger partial charge in [0.05, 0.1) is 12.7 Å². The summed E-state index contributed by atoms with van der Waals surface area (Å²) in [5, 5.41) is 12.0. The average molecular weight is 459 g/mol. The van der Waals surface area contributed by atoms with Gasteiger partial charge in [-0.15, -0.1) is 0 Å². The third-order valence-corrected chi connectivity index (χ3v) is 5.57. The minimum atomic E-state index is -0.590. The van der Waals surface area contributed by atoms with Gasteiger partial charge >= 0.3 is 0 Å². The molecular formula is C25H50N2O5. The Morgan fingerprint density at radius 3 is 1.62 bits per heavy atom. The summed E-state index contributed by atoms with van der Waals surface area (Å²) in [4.78, 5) is 31.4. The fourth-order valence-corrected chi connectivity index (χ4v) is 3.68. The first kappa shape index (κ1) is 30.8. The maximum atomic E-state index is 11.7. The second-order valence-corrected chi connectivity index (χ2v) is 8.94. The Morgan fingerprint density at radius 2 is 1.19 bits per heavy atom. The van der Waals surface area contributed by atoms with E-state index in [0.29, 0.717) is 13.0 Å². The molecule has 1 atom stereocenters. The van der Waals surface area contributed by atoms with Crippen molar-refractivity contribution in [3.8, 4) is 0 Å². The lowest BCUT2D eigenvalue weighted by molar-refractivity contribution is -0.287. The number of unbranched alkanes of at least 4 members (excludes halogenated alkanes) is 15. The van der Waals surface area contributed by atoms with Gasteiger partial charge < -0.3 is 16.2 Å². The van der Waals surface area contributed by atoms with Gasteiger partial charge in [0.2, 0.25) is 11.8 Å². The summed E-state index contributed by atoms with van der Waals surface area (Å²) in [6.07, 6.45) is 21.8. The van der Waals surface area contributed by atoms with Crippen LogP contribution in [-0.4, -0.2) is 42.8 Å². The molecule has 0 bridgehead atoms. The van der Waals surface area contributed by atoms with Crippen LogP contribution in [0.25, 0.3) is 0 Å². The Balaban J connectivity index is 3.14. The van der Waals surface area contributed by atoms with E-state index >= 15 is 0 Å². The molecule has 0 rings (SSSR count). The molecule has 7 heteroatoms. The summed E-state index contributed by atoms with van der Waals surface area (Å²) in [6, 6.07) is 0. The molecule has 4 N–H and O–H groups in total. The van der Waals surface area contributed by atoms with E-state index in [-0.39, 0.29) is 25.2 Å². The first-order valence-electron chi connectivity index (χ1n) is 13.0. The van der Waals surface area contributed by atoms with E-state index in [0.717, 1.165) is 19.3 Å². The van der Waals surface area contributed by atoms with Crippen LogP contribution in [0.1, 0.15) is 122 Å². The molecule has 0 heterocycles. The van der Waals surface area contributed by atoms with Crippen LogP contribution in [0.5, 0.6) is 0 Å². The standard InChI is InChI=1S/C25H50N2O5/c1-23(28)18-16-14-12-10-8-6-4-2-3-5-7-9-11-13-15-17-19-25(30)27-20-21-31-32-22-24(26)29/h23,28H,2-22H2,1H3,(H2,26,29)(H,27,30). The summed E-state index contributed by atoms with van der Waals surface area (Å²) < 4.78 is 0. The number of hydrogen-bond acceptors (Lipinski definition) is 5. The van der Waals surface area contributed by atoms with Crippen molar-refractivity contribution in [1.82, 2.24) is 5.32 Å². The topological polar surface area (TPSA) is 111 Å². The van der Waals surface area contributed by atoms with Crippen molar-refractivity contribution in [2.45, 2.75) is 129 Å². The van der Waals surface area contributed by atoms with Crippen LogP contribution >= 0.6 is 0 Å². The molecule has 0 aromatic carbocycles. The molecule has 0 aliphatic carbocycles. The summed E-state index contributed by atoms with van der Waals surface area (Å²) in [5.41, 5.74) is 4.90. The highest BCUT2D eigenvalue weighted by Gasteiger charge is 2.01. The second-order valence-electron chi connectivity index (χ2n) is 8.94. The molecule has 7 nitrogen and oxygen atoms in total. The third-order valence-electron chi connectivity index (χ3n) is 5.57. The molecular weight excluding hydrogens is 408 g/mol. The van der Waals surface area contributed by atoms with Crippen molar-refractivity contribution in [2.24, 2.45) is 5.73 Å². The van der Waals surface area contributed by atoms with Gasteiger partial charge in [0.25, 0.3) is 0 Å². The van der Waals surface area contributed by atoms with Gasteiger partial charge in [-0.25, -0.2) is 9.78 Å². The normalized spacial score (nSPS) is 12.1. The Kier molecular flexibility index (Phi) is 23.6. The molecule has 32 heavy (non-hydrogen) atoms. The number of aliphatic hydroxyl groups excluding tert-OH is 1. The van der Waals surface area contributed by atoms with Crippen LogP contribution < -0.4 is 11.1 Å². The smallest absolute Gasteiger partial charge is 0.246 e. The molecule has 0 aromatic heterocycles. The molecule has 0 radical (unpaired) electrons. The monoisotopic (exact) mass is 458 g/mol. The maximum absolute atomic E-state index is 11.7. The zero-order valence-electron chi connectivity index (χ0n) is 20.6. The van der Waals surface area contributed by atoms with Gasteiger partial charge in [-0.3, -0.25) is 9.59 Å². The Hall–Kier alpha value is -1.18. The molecule has 0 aliphatic rings. The number of rotatable bonds is 25. The van der Waals surface area contributed by atoms with E-state index in [9.17, 15) is 14.7 Å². The largest absolute Gasteiger partial charge is 0.393 e. The second kappa shape index (κ2) is 24.5. The van der Waals surface area contributed by atoms with Crippen LogP contribution in [-0.2, 0) is 19.4 Å². The molecule has 1 unspecified atom stereocenters. The first-order chi connectivity index (χ1) is 15.5. The van der Waals surface area contributed by atoms with Gasteiger partial charge in [-0.1, -0.05) is 96.3 Å². The van der Waals surface area contributed by atoms with E-state index in [4.69, 9.17) is 10.6 Å². The molecule has 2 amide bonds. The van der Waals surface area contributed by atoms with Gasteiger partial charge in [0, 0.05) is 13.0 Å². The number of hydrogen-bond donors (Lipinski definition) is 3. The van der Waals surface area contributed by atoms with Crippen molar-refractivity contribution < 1.29 is 24.5 Å². The molecule has 0 aliphatic heterocycles. The molecule has 0 saturated heterocycles. The van der Waals surface area contributed by atoms with E-state index in [1.165, 1.54) is 89.9 Å². The van der Waals surface area contributed by atoms with Gasteiger partial charge in [0.15, 0.2) is 6.61 Å². The number of primary amides is 1. The number of nitrogens with one attached hydrogen (secondary N) is 1. The highest BCUT2D eigenvalue weighted by molar-refractivity contribution is 5.75. The zero-order chi connectivity index (χ0) is 23.7. The van der Waals surface area contributed by atoms with Crippen molar-refractivity contribution in [1.29, 1.82) is 0 Å². The Labute approximate surface area is 196 Å². The summed E-state index contributed by atoms with van der Waals surface area (Å²) in [5.74, 6) is -0.563. The SMILES string of the molecule is CC(O)CCCCCCCCCCCCCCCCCCC(=O)NCCOOCC(N)=O. The fourth-order valence-electron chi connectivity index (χ4n) is 3.68. The van der Waals surface area contributed by atoms with E-state index in [2.05, 4.69) is 10.2 Å². The highest BCUT2D eigenvalue weighted by Crippen LogP contribution is 2.14. The summed E-state index contributed by atoms with van der Waals surface area (Å²) in [7, 11) is 0. The number of amides is 2. The quantitative estimate of drug-likeness (QED) is 0.102. The van der Waals surface area contributed by atoms with Gasteiger partial charge in [-0.2, -0.15) is 0 Å². The number of nitrogens with two attached hydrogens (primary N) is 1. The predicted molar refractivity (Wildman–Crippen MR) is 129 cm³/mol. The van der Waals surface area contributed by atoms with Crippen molar-refractivity contribution in [3.05, 3.63) is 0 Å². The Morgan fingerprint density at radius 1 is 0.750 bits per heavy atom. The maximum Gasteiger partial charge on any atom is 0.246 e. The van der Waals surface area contributed by atoms with Crippen molar-refractivity contribution in [3.63, 3.8) is 0 Å². The van der Waals surface area contributed by atoms with Crippen molar-refractivity contribution in [2.75, 3.05) is 19.8 Å². The minimum absolute atomic E-state index is 0.0276. The van der Waals surface area contributed by atoms with E-state index in [1.807, 2.05) is 6.92 Å². The van der Waals surface area contributed by atoms with Gasteiger partial charge in [-0.05, 0) is 19.8 Å². The van der Waals surface area contributed by atoms with Crippen LogP contribution in [0.3, 0.4) is 0 Å². The molecule has 190 valence electrons. The Bertz CT molecular complexity index is 433. The molecule has 0 aromatic rings. The number of carbonyl (C=O) groups is 2. The lowest BCUT2D eigenvalue weighted by Crippen LogP contribution is -2.27. The van der Waals surface area contributed by atoms with E-state index in [1.54, 1.807) is 0 Å². The lowest BCUT2D eigenvalue weighted by Gasteiger charge is -2.06. The predicted octanol–water partition coefficient (Wildman–Crippen LogP) is 4.94. The lowest BCUT2D eigenvalue weighted by atomic mass is 10.0. The van der Waals surface area contributed by atoms with E-state index < -0.39 is 5.91 Å². The summed E-state index contributed by atoms with van der Waals surface area (Å²) in [6.45, 7) is 2.16.